The third-order valence-electron chi connectivity index (χ3n) is 0.544. The van der Waals surface area contributed by atoms with E-state index in [1.807, 2.05) is 0 Å². The van der Waals surface area contributed by atoms with Gasteiger partial charge in [-0.05, 0) is 0 Å². The highest BCUT2D eigenvalue weighted by Crippen LogP contribution is 2.29. The number of aliphatic carboxylic acids is 1. The van der Waals surface area contributed by atoms with E-state index in [9.17, 15) is 4.79 Å². The van der Waals surface area contributed by atoms with Crippen LogP contribution in [0.2, 0.25) is 0 Å². The number of alkyl halides is 3. The van der Waals surface area contributed by atoms with Crippen molar-refractivity contribution in [2.45, 2.75) is 9.90 Å². The van der Waals surface area contributed by atoms with Crippen LogP contribution in [0.5, 0.6) is 0 Å². The highest BCUT2D eigenvalue weighted by atomic mass is 35.6. The maximum absolute atomic E-state index is 9.84. The summed E-state index contributed by atoms with van der Waals surface area (Å²) in [4.78, 5) is 9.84. The van der Waals surface area contributed by atoms with E-state index in [1.54, 1.807) is 0 Å². The summed E-state index contributed by atoms with van der Waals surface area (Å²) in [5.74, 6) is -1.56. The zero-order valence-corrected chi connectivity index (χ0v) is 6.28. The van der Waals surface area contributed by atoms with Crippen LogP contribution in [0, 0.1) is 0 Å². The summed E-state index contributed by atoms with van der Waals surface area (Å²) in [5.41, 5.74) is 0. The Balaban J connectivity index is 4.04. The monoisotopic (exact) mass is 192 g/mol. The van der Waals surface area contributed by atoms with Crippen LogP contribution in [0.15, 0.2) is 0 Å². The molecule has 0 bridgehead atoms. The van der Waals surface area contributed by atoms with E-state index in [1.165, 1.54) is 0 Å². The van der Waals surface area contributed by atoms with Gasteiger partial charge in [0.05, 0.1) is 0 Å². The molecule has 0 fully saturated rings. The molecule has 0 rings (SSSR count). The summed E-state index contributed by atoms with van der Waals surface area (Å²) in [7, 11) is 0. The summed E-state index contributed by atoms with van der Waals surface area (Å²) in [6.45, 7) is 0. The van der Waals surface area contributed by atoms with Crippen molar-refractivity contribution in [3.63, 3.8) is 0 Å². The summed E-state index contributed by atoms with van der Waals surface area (Å²) in [5, 5.41) is 16.5. The van der Waals surface area contributed by atoms with E-state index in [-0.39, 0.29) is 0 Å². The van der Waals surface area contributed by atoms with Gasteiger partial charge in [-0.15, -0.1) is 0 Å². The highest BCUT2D eigenvalue weighted by Gasteiger charge is 2.36. The predicted octanol–water partition coefficient (Wildman–Crippen LogP) is 0.802. The van der Waals surface area contributed by atoms with Crippen LogP contribution in [0.25, 0.3) is 0 Å². The van der Waals surface area contributed by atoms with Crippen LogP contribution in [0.4, 0.5) is 0 Å². The SMILES string of the molecule is O=C(O)C(O)C(Cl)(Cl)Cl. The van der Waals surface area contributed by atoms with Crippen LogP contribution >= 0.6 is 34.8 Å². The predicted molar refractivity (Wildman–Crippen MR) is 33.9 cm³/mol. The number of carboxylic acid groups (broad SMARTS) is 1. The standard InChI is InChI=1S/C3H3Cl3O3/c4-3(5,6)1(7)2(8)9/h1,7H,(H,8,9). The molecular weight excluding hydrogens is 190 g/mol. The lowest BCUT2D eigenvalue weighted by Crippen LogP contribution is -2.33. The van der Waals surface area contributed by atoms with Crippen LogP contribution in [-0.4, -0.2) is 26.1 Å². The lowest BCUT2D eigenvalue weighted by Gasteiger charge is -2.13. The van der Waals surface area contributed by atoms with Gasteiger partial charge < -0.3 is 10.2 Å². The fourth-order valence-corrected chi connectivity index (χ4v) is 0.420. The van der Waals surface area contributed by atoms with Crippen molar-refractivity contribution in [1.82, 2.24) is 0 Å². The molecule has 0 aliphatic heterocycles. The average molecular weight is 193 g/mol. The number of carboxylic acids is 1. The Morgan fingerprint density at radius 3 is 1.78 bits per heavy atom. The van der Waals surface area contributed by atoms with E-state index in [2.05, 4.69) is 0 Å². The molecular formula is C3H3Cl3O3. The van der Waals surface area contributed by atoms with Gasteiger partial charge in [0.2, 0.25) is 3.79 Å². The van der Waals surface area contributed by atoms with Crippen molar-refractivity contribution in [2.24, 2.45) is 0 Å². The summed E-state index contributed by atoms with van der Waals surface area (Å²) in [6, 6.07) is 0. The van der Waals surface area contributed by atoms with E-state index < -0.39 is 15.9 Å². The maximum Gasteiger partial charge on any atom is 0.337 e. The number of rotatable bonds is 1. The van der Waals surface area contributed by atoms with Gasteiger partial charge in [0, 0.05) is 0 Å². The van der Waals surface area contributed by atoms with Gasteiger partial charge in [-0.2, -0.15) is 0 Å². The normalized spacial score (nSPS) is 15.1. The zero-order chi connectivity index (χ0) is 7.65. The Bertz CT molecular complexity index is 118. The van der Waals surface area contributed by atoms with Crippen LogP contribution < -0.4 is 0 Å². The van der Waals surface area contributed by atoms with E-state index in [0.717, 1.165) is 0 Å². The quantitative estimate of drug-likeness (QED) is 0.606. The first-order valence-corrected chi connectivity index (χ1v) is 2.96. The van der Waals surface area contributed by atoms with Gasteiger partial charge in [-0.25, -0.2) is 4.79 Å². The molecule has 0 saturated carbocycles. The molecule has 0 radical (unpaired) electrons. The first-order valence-electron chi connectivity index (χ1n) is 1.83. The fourth-order valence-electron chi connectivity index (χ4n) is 0.140. The third kappa shape index (κ3) is 3.11. The van der Waals surface area contributed by atoms with Gasteiger partial charge in [0.1, 0.15) is 0 Å². The van der Waals surface area contributed by atoms with E-state index in [4.69, 9.17) is 45.0 Å². The molecule has 1 atom stereocenters. The van der Waals surface area contributed by atoms with Crippen molar-refractivity contribution < 1.29 is 15.0 Å². The molecule has 0 amide bonds. The summed E-state index contributed by atoms with van der Waals surface area (Å²) in [6.07, 6.45) is -1.97. The van der Waals surface area contributed by atoms with Crippen molar-refractivity contribution in [3.05, 3.63) is 0 Å². The van der Waals surface area contributed by atoms with Crippen molar-refractivity contribution in [3.8, 4) is 0 Å². The minimum Gasteiger partial charge on any atom is -0.479 e. The van der Waals surface area contributed by atoms with Crippen molar-refractivity contribution in [1.29, 1.82) is 0 Å². The van der Waals surface area contributed by atoms with Crippen LogP contribution in [0.3, 0.4) is 0 Å². The zero-order valence-electron chi connectivity index (χ0n) is 4.01. The number of halogens is 3. The minimum absolute atomic E-state index is 1.56. The second-order valence-corrected chi connectivity index (χ2v) is 3.65. The average Bonchev–Trinajstić information content (AvgIpc) is 1.62. The lowest BCUT2D eigenvalue weighted by molar-refractivity contribution is -0.146. The molecule has 0 aromatic heterocycles. The molecule has 0 aromatic carbocycles. The summed E-state index contributed by atoms with van der Waals surface area (Å²) < 4.78 is -2.15. The molecule has 54 valence electrons. The Labute approximate surface area is 66.1 Å². The number of hydrogen-bond donors (Lipinski definition) is 2. The number of hydrogen-bond acceptors (Lipinski definition) is 2. The van der Waals surface area contributed by atoms with Crippen LogP contribution in [0.1, 0.15) is 0 Å². The van der Waals surface area contributed by atoms with Gasteiger partial charge in [-0.3, -0.25) is 0 Å². The first-order chi connectivity index (χ1) is 3.85. The molecule has 0 saturated heterocycles. The van der Waals surface area contributed by atoms with Gasteiger partial charge >= 0.3 is 5.97 Å². The Morgan fingerprint density at radius 1 is 1.44 bits per heavy atom. The topological polar surface area (TPSA) is 57.5 Å². The Hall–Kier alpha value is 0.300. The third-order valence-corrected chi connectivity index (χ3v) is 1.16. The Kier molecular flexibility index (Phi) is 3.02. The molecule has 0 aromatic rings. The van der Waals surface area contributed by atoms with Crippen molar-refractivity contribution in [2.75, 3.05) is 0 Å². The van der Waals surface area contributed by atoms with Gasteiger partial charge in [-0.1, -0.05) is 34.8 Å². The molecule has 1 unspecified atom stereocenters. The second-order valence-electron chi connectivity index (χ2n) is 1.28. The molecule has 6 heteroatoms. The van der Waals surface area contributed by atoms with Crippen molar-refractivity contribution >= 4 is 40.8 Å². The van der Waals surface area contributed by atoms with Gasteiger partial charge in [0.25, 0.3) is 0 Å². The Morgan fingerprint density at radius 2 is 1.78 bits per heavy atom. The number of aliphatic hydroxyl groups excluding tert-OH is 1. The number of aliphatic hydroxyl groups is 1. The molecule has 9 heavy (non-hydrogen) atoms. The fraction of sp³-hybridized carbons (Fsp3) is 0.667. The highest BCUT2D eigenvalue weighted by molar-refractivity contribution is 6.68. The van der Waals surface area contributed by atoms with E-state index >= 15 is 0 Å². The number of carbonyl (C=O) groups is 1. The first kappa shape index (κ1) is 9.30. The molecule has 0 aliphatic rings. The largest absolute Gasteiger partial charge is 0.479 e. The smallest absolute Gasteiger partial charge is 0.337 e. The minimum atomic E-state index is -2.15. The molecule has 0 heterocycles. The molecule has 0 spiro atoms. The molecule has 3 nitrogen and oxygen atoms in total. The second kappa shape index (κ2) is 2.92. The molecule has 0 aliphatic carbocycles. The summed E-state index contributed by atoms with van der Waals surface area (Å²) >= 11 is 14.9. The van der Waals surface area contributed by atoms with Gasteiger partial charge in [0.15, 0.2) is 6.10 Å². The van der Waals surface area contributed by atoms with E-state index in [0.29, 0.717) is 0 Å². The maximum atomic E-state index is 9.84. The van der Waals surface area contributed by atoms with Crippen LogP contribution in [-0.2, 0) is 4.79 Å². The molecule has 2 N–H and O–H groups in total. The lowest BCUT2D eigenvalue weighted by atomic mass is 10.4.